The molecule has 0 spiro atoms. The lowest BCUT2D eigenvalue weighted by Gasteiger charge is -2.28. The number of hydrogen-bond acceptors (Lipinski definition) is 4. The predicted octanol–water partition coefficient (Wildman–Crippen LogP) is 5.03. The van der Waals surface area contributed by atoms with E-state index in [1.807, 2.05) is 24.4 Å². The van der Waals surface area contributed by atoms with Crippen LogP contribution < -0.4 is 5.32 Å². The molecule has 1 aliphatic rings. The van der Waals surface area contributed by atoms with Crippen LogP contribution in [0, 0.1) is 27.7 Å². The van der Waals surface area contributed by atoms with Crippen molar-refractivity contribution in [2.45, 2.75) is 52.6 Å². The molecule has 178 valence electrons. The van der Waals surface area contributed by atoms with E-state index >= 15 is 0 Å². The molecule has 0 bridgehead atoms. The number of esters is 1. The van der Waals surface area contributed by atoms with Gasteiger partial charge in [0.05, 0.1) is 30.6 Å². The van der Waals surface area contributed by atoms with Crippen LogP contribution in [0.2, 0.25) is 0 Å². The fourth-order valence-electron chi connectivity index (χ4n) is 5.07. The van der Waals surface area contributed by atoms with Crippen LogP contribution in [-0.2, 0) is 9.53 Å². The quantitative estimate of drug-likeness (QED) is 0.381. The number of pyridine rings is 1. The Morgan fingerprint density at radius 3 is 2.50 bits per heavy atom. The summed E-state index contributed by atoms with van der Waals surface area (Å²) in [6.45, 7) is 9.30. The predicted molar refractivity (Wildman–Crippen MR) is 138 cm³/mol. The number of carbonyl (C=O) groups is 1. The zero-order valence-corrected chi connectivity index (χ0v) is 21.3. The summed E-state index contributed by atoms with van der Waals surface area (Å²) in [6.07, 6.45) is 2.84. The summed E-state index contributed by atoms with van der Waals surface area (Å²) in [4.78, 5) is 18.6. The standard InChI is InChI=1S/C27H32N4O2S/c1-17-10-8-11-18(2)25(17)31-19(3)16-21(20(31)4)26-24(22-12-6-7-14-28-22)29-27(34)30(26)15-9-13-23(32)33-5/h6-8,10-12,14,16,24,26H,9,13,15H2,1-5H3,(H,29,34). The van der Waals surface area contributed by atoms with Crippen molar-refractivity contribution < 1.29 is 9.53 Å². The van der Waals surface area contributed by atoms with E-state index in [9.17, 15) is 4.79 Å². The van der Waals surface area contributed by atoms with E-state index in [2.05, 4.69) is 71.7 Å². The summed E-state index contributed by atoms with van der Waals surface area (Å²) in [5, 5.41) is 4.19. The van der Waals surface area contributed by atoms with E-state index in [1.165, 1.54) is 40.9 Å². The molecule has 2 aromatic heterocycles. The number of rotatable bonds is 7. The van der Waals surface area contributed by atoms with Gasteiger partial charge >= 0.3 is 5.97 Å². The Morgan fingerprint density at radius 2 is 1.85 bits per heavy atom. The van der Waals surface area contributed by atoms with Gasteiger partial charge in [-0.1, -0.05) is 24.3 Å². The molecule has 2 unspecified atom stereocenters. The molecular weight excluding hydrogens is 444 g/mol. The van der Waals surface area contributed by atoms with E-state index in [0.29, 0.717) is 24.5 Å². The normalized spacial score (nSPS) is 17.7. The minimum Gasteiger partial charge on any atom is -0.469 e. The Bertz CT molecular complexity index is 1180. The number of nitrogens with zero attached hydrogens (tertiary/aromatic N) is 3. The van der Waals surface area contributed by atoms with E-state index in [0.717, 1.165) is 5.69 Å². The van der Waals surface area contributed by atoms with Crippen molar-refractivity contribution in [2.75, 3.05) is 13.7 Å². The molecule has 1 aromatic carbocycles. The molecule has 6 nitrogen and oxygen atoms in total. The van der Waals surface area contributed by atoms with E-state index in [-0.39, 0.29) is 18.1 Å². The number of thiocarbonyl (C=S) groups is 1. The Morgan fingerprint density at radius 1 is 1.12 bits per heavy atom. The lowest BCUT2D eigenvalue weighted by Crippen LogP contribution is -2.31. The Hall–Kier alpha value is -3.19. The summed E-state index contributed by atoms with van der Waals surface area (Å²) >= 11 is 5.78. The van der Waals surface area contributed by atoms with Crippen molar-refractivity contribution in [2.24, 2.45) is 0 Å². The van der Waals surface area contributed by atoms with E-state index in [4.69, 9.17) is 17.0 Å². The third-order valence-electron chi connectivity index (χ3n) is 6.66. The van der Waals surface area contributed by atoms with E-state index in [1.54, 1.807) is 0 Å². The maximum Gasteiger partial charge on any atom is 0.305 e. The lowest BCUT2D eigenvalue weighted by molar-refractivity contribution is -0.140. The van der Waals surface area contributed by atoms with Crippen LogP contribution in [0.1, 0.15) is 58.7 Å². The van der Waals surface area contributed by atoms with Crippen LogP contribution in [0.25, 0.3) is 5.69 Å². The highest BCUT2D eigenvalue weighted by molar-refractivity contribution is 7.80. The summed E-state index contributed by atoms with van der Waals surface area (Å²) in [7, 11) is 1.42. The molecule has 0 amide bonds. The molecule has 1 saturated heterocycles. The molecule has 3 aromatic rings. The van der Waals surface area contributed by atoms with Gasteiger partial charge in [0.1, 0.15) is 0 Å². The van der Waals surface area contributed by atoms with Crippen LogP contribution in [0.15, 0.2) is 48.7 Å². The molecule has 2 atom stereocenters. The molecule has 0 saturated carbocycles. The first-order valence-corrected chi connectivity index (χ1v) is 12.0. The van der Waals surface area contributed by atoms with Gasteiger partial charge in [-0.15, -0.1) is 0 Å². The number of aromatic nitrogens is 2. The molecule has 3 heterocycles. The number of carbonyl (C=O) groups excluding carboxylic acids is 1. The fraction of sp³-hybridized carbons (Fsp3) is 0.370. The van der Waals surface area contributed by atoms with Crippen molar-refractivity contribution in [3.05, 3.63) is 82.4 Å². The molecule has 1 N–H and O–H groups in total. The molecular formula is C27H32N4O2S. The Kier molecular flexibility index (Phi) is 7.03. The van der Waals surface area contributed by atoms with E-state index < -0.39 is 0 Å². The molecule has 34 heavy (non-hydrogen) atoms. The number of nitrogens with one attached hydrogen (secondary N) is 1. The second-order valence-corrected chi connectivity index (χ2v) is 9.29. The van der Waals surface area contributed by atoms with Crippen LogP contribution in [0.5, 0.6) is 0 Å². The third-order valence-corrected chi connectivity index (χ3v) is 7.01. The Labute approximate surface area is 207 Å². The van der Waals surface area contributed by atoms with Gasteiger partial charge in [-0.25, -0.2) is 0 Å². The van der Waals surface area contributed by atoms with Gasteiger partial charge in [-0.05, 0) is 81.2 Å². The summed E-state index contributed by atoms with van der Waals surface area (Å²) in [5.41, 5.74) is 8.23. The van der Waals surface area contributed by atoms with Crippen molar-refractivity contribution in [1.82, 2.24) is 19.8 Å². The molecule has 1 fully saturated rings. The second kappa shape index (κ2) is 9.97. The largest absolute Gasteiger partial charge is 0.469 e. The minimum absolute atomic E-state index is 0.0377. The van der Waals surface area contributed by atoms with Crippen LogP contribution in [-0.4, -0.2) is 39.2 Å². The van der Waals surface area contributed by atoms with Crippen molar-refractivity contribution in [1.29, 1.82) is 0 Å². The number of benzene rings is 1. The second-order valence-electron chi connectivity index (χ2n) is 8.90. The molecule has 1 aliphatic heterocycles. The monoisotopic (exact) mass is 476 g/mol. The topological polar surface area (TPSA) is 59.4 Å². The SMILES string of the molecule is COC(=O)CCCN1C(=S)NC(c2ccccn2)C1c1cc(C)n(-c2c(C)cccc2C)c1C. The number of para-hydroxylation sites is 1. The van der Waals surface area contributed by atoms with Gasteiger partial charge in [-0.3, -0.25) is 9.78 Å². The third kappa shape index (κ3) is 4.44. The van der Waals surface area contributed by atoms with Crippen LogP contribution in [0.4, 0.5) is 0 Å². The van der Waals surface area contributed by atoms with Crippen molar-refractivity contribution in [3.63, 3.8) is 0 Å². The van der Waals surface area contributed by atoms with Gasteiger partial charge in [0, 0.05) is 30.6 Å². The maximum absolute atomic E-state index is 11.7. The lowest BCUT2D eigenvalue weighted by atomic mass is 9.96. The van der Waals surface area contributed by atoms with Crippen LogP contribution in [0.3, 0.4) is 0 Å². The van der Waals surface area contributed by atoms with Crippen LogP contribution >= 0.6 is 12.2 Å². The van der Waals surface area contributed by atoms with Gasteiger partial charge < -0.3 is 19.5 Å². The molecule has 7 heteroatoms. The molecule has 4 rings (SSSR count). The van der Waals surface area contributed by atoms with Crippen molar-refractivity contribution in [3.8, 4) is 5.69 Å². The average molecular weight is 477 g/mol. The smallest absolute Gasteiger partial charge is 0.305 e. The summed E-state index contributed by atoms with van der Waals surface area (Å²) < 4.78 is 7.18. The first-order valence-electron chi connectivity index (χ1n) is 11.6. The highest BCUT2D eigenvalue weighted by atomic mass is 32.1. The summed E-state index contributed by atoms with van der Waals surface area (Å²) in [5.74, 6) is -0.205. The highest BCUT2D eigenvalue weighted by Gasteiger charge is 2.41. The van der Waals surface area contributed by atoms with Gasteiger partial charge in [0.2, 0.25) is 0 Å². The zero-order valence-electron chi connectivity index (χ0n) is 20.5. The zero-order chi connectivity index (χ0) is 24.4. The first-order chi connectivity index (χ1) is 16.3. The number of methoxy groups -OCH3 is 1. The number of ether oxygens (including phenoxy) is 1. The summed E-state index contributed by atoms with van der Waals surface area (Å²) in [6, 6.07) is 14.5. The average Bonchev–Trinajstić information content (AvgIpc) is 3.30. The number of aryl methyl sites for hydroxylation is 3. The van der Waals surface area contributed by atoms with Gasteiger partial charge in [-0.2, -0.15) is 0 Å². The van der Waals surface area contributed by atoms with Crippen molar-refractivity contribution >= 4 is 23.3 Å². The highest BCUT2D eigenvalue weighted by Crippen LogP contribution is 2.42. The fourth-order valence-corrected chi connectivity index (χ4v) is 5.40. The molecule has 0 aliphatic carbocycles. The van der Waals surface area contributed by atoms with Gasteiger partial charge in [0.25, 0.3) is 0 Å². The Balaban J connectivity index is 1.79. The number of hydrogen-bond donors (Lipinski definition) is 1. The molecule has 0 radical (unpaired) electrons. The van der Waals surface area contributed by atoms with Gasteiger partial charge in [0.15, 0.2) is 5.11 Å². The minimum atomic E-state index is -0.205. The maximum atomic E-state index is 11.7. The first kappa shape index (κ1) is 24.0.